The van der Waals surface area contributed by atoms with Gasteiger partial charge < -0.3 is 24.9 Å². The number of nitrogens with zero attached hydrogens (tertiary/aromatic N) is 4. The predicted octanol–water partition coefficient (Wildman–Crippen LogP) is 0.402. The van der Waals surface area contributed by atoms with Gasteiger partial charge in [-0.25, -0.2) is 15.0 Å². The molecule has 2 aromatic rings. The number of nitrogen functional groups attached to an aromatic ring is 1. The van der Waals surface area contributed by atoms with E-state index >= 15 is 0 Å². The number of hydrogen-bond acceptors (Lipinski definition) is 7. The van der Waals surface area contributed by atoms with E-state index in [1.807, 2.05) is 24.5 Å². The molecule has 4 rings (SSSR count). The van der Waals surface area contributed by atoms with E-state index in [0.29, 0.717) is 17.0 Å². The topological polar surface area (TPSA) is 108 Å². The molecule has 1 aliphatic carbocycles. The first-order valence-corrected chi connectivity index (χ1v) is 7.10. The van der Waals surface area contributed by atoms with Gasteiger partial charge in [0.15, 0.2) is 17.3 Å². The van der Waals surface area contributed by atoms with Gasteiger partial charge >= 0.3 is 0 Å². The van der Waals surface area contributed by atoms with Gasteiger partial charge in [-0.1, -0.05) is 6.08 Å². The number of aliphatic hydroxyl groups is 1. The highest BCUT2D eigenvalue weighted by Crippen LogP contribution is 2.43. The standard InChI is InChI=1S/C14H17N5O3/c1-14(2)21-10-7(4-20)3-8(11(10)22-14)19-6-18-9-12(15)16-5-17-13(9)19/h3,5-6,8,10-11,20H,4H2,1-2H3,(H2,15,16,17)/t8-,10?,11?/m0/s1. The molecule has 2 aliphatic rings. The molecule has 8 nitrogen and oxygen atoms in total. The van der Waals surface area contributed by atoms with Crippen LogP contribution in [0.25, 0.3) is 11.2 Å². The number of fused-ring (bicyclic) bond motifs is 2. The second-order valence-corrected chi connectivity index (χ2v) is 5.99. The van der Waals surface area contributed by atoms with Crippen molar-refractivity contribution in [1.29, 1.82) is 0 Å². The number of hydrogen-bond donors (Lipinski definition) is 2. The van der Waals surface area contributed by atoms with E-state index in [0.717, 1.165) is 5.57 Å². The molecular formula is C14H17N5O3. The van der Waals surface area contributed by atoms with Gasteiger partial charge in [-0.2, -0.15) is 0 Å². The van der Waals surface area contributed by atoms with Crippen molar-refractivity contribution in [3.8, 4) is 0 Å². The first kappa shape index (κ1) is 13.6. The molecular weight excluding hydrogens is 286 g/mol. The van der Waals surface area contributed by atoms with Gasteiger partial charge in [-0.3, -0.25) is 0 Å². The van der Waals surface area contributed by atoms with Gasteiger partial charge in [0, 0.05) is 0 Å². The van der Waals surface area contributed by atoms with Crippen molar-refractivity contribution in [2.75, 3.05) is 12.3 Å². The first-order valence-electron chi connectivity index (χ1n) is 7.10. The molecule has 2 unspecified atom stereocenters. The van der Waals surface area contributed by atoms with Crippen LogP contribution in [0.3, 0.4) is 0 Å². The van der Waals surface area contributed by atoms with Crippen molar-refractivity contribution in [1.82, 2.24) is 19.5 Å². The van der Waals surface area contributed by atoms with Crippen molar-refractivity contribution >= 4 is 17.0 Å². The van der Waals surface area contributed by atoms with Crippen LogP contribution in [0.2, 0.25) is 0 Å². The summed E-state index contributed by atoms with van der Waals surface area (Å²) in [5.74, 6) is -0.347. The highest BCUT2D eigenvalue weighted by atomic mass is 16.8. The van der Waals surface area contributed by atoms with Crippen molar-refractivity contribution < 1.29 is 14.6 Å². The largest absolute Gasteiger partial charge is 0.392 e. The van der Waals surface area contributed by atoms with E-state index < -0.39 is 5.79 Å². The van der Waals surface area contributed by atoms with Crippen LogP contribution in [-0.2, 0) is 9.47 Å². The van der Waals surface area contributed by atoms with Crippen LogP contribution in [0.1, 0.15) is 19.9 Å². The van der Waals surface area contributed by atoms with Crippen molar-refractivity contribution in [2.24, 2.45) is 0 Å². The number of nitrogens with two attached hydrogens (primary N) is 1. The van der Waals surface area contributed by atoms with E-state index in [4.69, 9.17) is 15.2 Å². The van der Waals surface area contributed by atoms with E-state index in [1.165, 1.54) is 6.33 Å². The van der Waals surface area contributed by atoms with Crippen LogP contribution in [0.4, 0.5) is 5.82 Å². The Morgan fingerprint density at radius 2 is 2.14 bits per heavy atom. The maximum atomic E-state index is 9.58. The first-order chi connectivity index (χ1) is 10.5. The van der Waals surface area contributed by atoms with Crippen LogP contribution < -0.4 is 5.73 Å². The predicted molar refractivity (Wildman–Crippen MR) is 77.8 cm³/mol. The highest BCUT2D eigenvalue weighted by Gasteiger charge is 2.50. The zero-order valence-electron chi connectivity index (χ0n) is 12.3. The average molecular weight is 303 g/mol. The summed E-state index contributed by atoms with van der Waals surface area (Å²) < 4.78 is 13.8. The van der Waals surface area contributed by atoms with Gasteiger partial charge in [-0.15, -0.1) is 0 Å². The third kappa shape index (κ3) is 1.84. The Kier molecular flexibility index (Phi) is 2.77. The number of rotatable bonds is 2. The van der Waals surface area contributed by atoms with E-state index in [2.05, 4.69) is 15.0 Å². The third-order valence-corrected chi connectivity index (χ3v) is 4.11. The van der Waals surface area contributed by atoms with Crippen LogP contribution in [0.15, 0.2) is 24.3 Å². The molecule has 1 fully saturated rings. The molecule has 0 saturated carbocycles. The Hall–Kier alpha value is -2.03. The minimum Gasteiger partial charge on any atom is -0.392 e. The number of ether oxygens (including phenoxy) is 2. The van der Waals surface area contributed by atoms with Gasteiger partial charge in [0.25, 0.3) is 0 Å². The minimum absolute atomic E-state index is 0.0686. The minimum atomic E-state index is -0.688. The Morgan fingerprint density at radius 3 is 2.91 bits per heavy atom. The molecule has 3 atom stereocenters. The Labute approximate surface area is 126 Å². The fourth-order valence-corrected chi connectivity index (χ4v) is 3.20. The second kappa shape index (κ2) is 4.48. The molecule has 3 heterocycles. The van der Waals surface area contributed by atoms with Gasteiger partial charge in [0.05, 0.1) is 19.0 Å². The molecule has 116 valence electrons. The normalized spacial score (nSPS) is 29.8. The monoisotopic (exact) mass is 303 g/mol. The molecule has 8 heteroatoms. The molecule has 0 bridgehead atoms. The molecule has 22 heavy (non-hydrogen) atoms. The molecule has 1 saturated heterocycles. The summed E-state index contributed by atoms with van der Waals surface area (Å²) >= 11 is 0. The van der Waals surface area contributed by atoms with Crippen LogP contribution >= 0.6 is 0 Å². The molecule has 0 radical (unpaired) electrons. The Bertz CT molecular complexity index is 769. The van der Waals surface area contributed by atoms with Crippen molar-refractivity contribution in [3.63, 3.8) is 0 Å². The maximum Gasteiger partial charge on any atom is 0.166 e. The Morgan fingerprint density at radius 1 is 1.32 bits per heavy atom. The summed E-state index contributed by atoms with van der Waals surface area (Å²) in [7, 11) is 0. The van der Waals surface area contributed by atoms with E-state index in [9.17, 15) is 5.11 Å². The SMILES string of the molecule is CC1(C)OC2C(CO)=C[C@H](n3cnc4c(N)ncnc43)C2O1. The zero-order chi connectivity index (χ0) is 15.5. The number of aromatic nitrogens is 4. The lowest BCUT2D eigenvalue weighted by atomic mass is 10.1. The summed E-state index contributed by atoms with van der Waals surface area (Å²) in [6.45, 7) is 3.66. The second-order valence-electron chi connectivity index (χ2n) is 5.99. The summed E-state index contributed by atoms with van der Waals surface area (Å²) in [5, 5.41) is 9.58. The van der Waals surface area contributed by atoms with Gasteiger partial charge in [0.1, 0.15) is 24.1 Å². The lowest BCUT2D eigenvalue weighted by molar-refractivity contribution is -0.148. The Balaban J connectivity index is 1.81. The van der Waals surface area contributed by atoms with E-state index in [1.54, 1.807) is 6.33 Å². The van der Waals surface area contributed by atoms with Crippen LogP contribution in [0, 0.1) is 0 Å². The summed E-state index contributed by atoms with van der Waals surface area (Å²) in [6, 6.07) is -0.159. The fourth-order valence-electron chi connectivity index (χ4n) is 3.20. The van der Waals surface area contributed by atoms with Crippen molar-refractivity contribution in [2.45, 2.75) is 37.9 Å². The lowest BCUT2D eigenvalue weighted by Gasteiger charge is -2.21. The van der Waals surface area contributed by atoms with E-state index in [-0.39, 0.29) is 24.9 Å². The number of aliphatic hydroxyl groups excluding tert-OH is 1. The summed E-state index contributed by atoms with van der Waals surface area (Å²) in [4.78, 5) is 12.5. The highest BCUT2D eigenvalue weighted by molar-refractivity contribution is 5.81. The summed E-state index contributed by atoms with van der Waals surface area (Å²) in [5.41, 5.74) is 7.84. The summed E-state index contributed by atoms with van der Waals surface area (Å²) in [6.07, 6.45) is 4.54. The smallest absolute Gasteiger partial charge is 0.166 e. The van der Waals surface area contributed by atoms with Crippen LogP contribution in [-0.4, -0.2) is 49.2 Å². The lowest BCUT2D eigenvalue weighted by Crippen LogP contribution is -2.28. The molecule has 1 aliphatic heterocycles. The molecule has 0 spiro atoms. The molecule has 0 aromatic carbocycles. The molecule has 0 amide bonds. The molecule has 2 aromatic heterocycles. The quantitative estimate of drug-likeness (QED) is 0.773. The van der Waals surface area contributed by atoms with Gasteiger partial charge in [0.2, 0.25) is 0 Å². The van der Waals surface area contributed by atoms with Crippen molar-refractivity contribution in [3.05, 3.63) is 24.3 Å². The van der Waals surface area contributed by atoms with Crippen LogP contribution in [0.5, 0.6) is 0 Å². The zero-order valence-corrected chi connectivity index (χ0v) is 12.3. The number of imidazole rings is 1. The third-order valence-electron chi connectivity index (χ3n) is 4.11. The molecule has 3 N–H and O–H groups in total. The fraction of sp³-hybridized carbons (Fsp3) is 0.500. The number of anilines is 1. The average Bonchev–Trinajstić information content (AvgIpc) is 3.10. The van der Waals surface area contributed by atoms with Gasteiger partial charge in [-0.05, 0) is 19.4 Å². The maximum absolute atomic E-state index is 9.58.